The number of carbonyl (C=O) groups is 2. The Kier molecular flexibility index (Phi) is 8.38. The first-order chi connectivity index (χ1) is 13.7. The summed E-state index contributed by atoms with van der Waals surface area (Å²) < 4.78 is 0. The lowest BCUT2D eigenvalue weighted by Gasteiger charge is -2.32. The maximum absolute atomic E-state index is 12.5. The standard InChI is InChI=1S/C24H36N2O2/c27-23(17-8-7-12-19-10-3-1-4-11-19)25-21-15-9-16-22(18-21)26-24(28)20-13-5-2-6-14-20/h1,3-4,10-11,20-22H,2,5-9,12-18H2,(H,25,27)(H,26,28)/t21-,22-/m1/s1. The number of carbonyl (C=O) groups excluding carboxylic acids is 2. The molecule has 3 rings (SSSR count). The molecule has 2 fully saturated rings. The first-order valence-electron chi connectivity index (χ1n) is 11.3. The zero-order chi connectivity index (χ0) is 19.6. The molecule has 28 heavy (non-hydrogen) atoms. The van der Waals surface area contributed by atoms with E-state index >= 15 is 0 Å². The molecule has 0 heterocycles. The molecule has 2 aliphatic carbocycles. The second-order valence-electron chi connectivity index (χ2n) is 8.66. The zero-order valence-corrected chi connectivity index (χ0v) is 17.1. The number of nitrogens with one attached hydrogen (secondary N) is 2. The van der Waals surface area contributed by atoms with E-state index < -0.39 is 0 Å². The number of amides is 2. The highest BCUT2D eigenvalue weighted by Gasteiger charge is 2.27. The van der Waals surface area contributed by atoms with Crippen molar-refractivity contribution in [3.05, 3.63) is 35.9 Å². The summed E-state index contributed by atoms with van der Waals surface area (Å²) in [6, 6.07) is 10.9. The molecule has 2 N–H and O–H groups in total. The Morgan fingerprint density at radius 3 is 2.29 bits per heavy atom. The van der Waals surface area contributed by atoms with Crippen LogP contribution in [0.2, 0.25) is 0 Å². The molecular formula is C24H36N2O2. The van der Waals surface area contributed by atoms with Gasteiger partial charge in [-0.25, -0.2) is 0 Å². The Bertz CT molecular complexity index is 610. The van der Waals surface area contributed by atoms with Gasteiger partial charge in [0.05, 0.1) is 0 Å². The average molecular weight is 385 g/mol. The number of aryl methyl sites for hydroxylation is 1. The van der Waals surface area contributed by atoms with Crippen LogP contribution in [0.1, 0.15) is 82.6 Å². The van der Waals surface area contributed by atoms with E-state index in [0.717, 1.165) is 57.8 Å². The summed E-state index contributed by atoms with van der Waals surface area (Å²) in [5, 5.41) is 6.48. The van der Waals surface area contributed by atoms with Crippen molar-refractivity contribution in [1.82, 2.24) is 10.6 Å². The van der Waals surface area contributed by atoms with E-state index in [-0.39, 0.29) is 29.8 Å². The summed E-state index contributed by atoms with van der Waals surface area (Å²) in [6.07, 6.45) is 13.4. The molecule has 0 spiro atoms. The van der Waals surface area contributed by atoms with Gasteiger partial charge in [0.2, 0.25) is 11.8 Å². The lowest BCUT2D eigenvalue weighted by molar-refractivity contribution is -0.126. The van der Waals surface area contributed by atoms with Crippen LogP contribution in [0.4, 0.5) is 0 Å². The molecule has 0 unspecified atom stereocenters. The van der Waals surface area contributed by atoms with Gasteiger partial charge in [0, 0.05) is 24.4 Å². The minimum atomic E-state index is 0.164. The quantitative estimate of drug-likeness (QED) is 0.647. The zero-order valence-electron chi connectivity index (χ0n) is 17.1. The van der Waals surface area contributed by atoms with Crippen LogP contribution in [0.5, 0.6) is 0 Å². The van der Waals surface area contributed by atoms with Crippen LogP contribution in [-0.4, -0.2) is 23.9 Å². The molecule has 2 atom stereocenters. The van der Waals surface area contributed by atoms with Gasteiger partial charge in [0.1, 0.15) is 0 Å². The molecular weight excluding hydrogens is 348 g/mol. The fraction of sp³-hybridized carbons (Fsp3) is 0.667. The maximum atomic E-state index is 12.5. The van der Waals surface area contributed by atoms with E-state index in [1.165, 1.54) is 24.8 Å². The predicted molar refractivity (Wildman–Crippen MR) is 113 cm³/mol. The molecule has 2 amide bonds. The fourth-order valence-corrected chi connectivity index (χ4v) is 4.69. The Hall–Kier alpha value is -1.84. The van der Waals surface area contributed by atoms with Gasteiger partial charge in [-0.1, -0.05) is 49.6 Å². The fourth-order valence-electron chi connectivity index (χ4n) is 4.69. The lowest BCUT2D eigenvalue weighted by atomic mass is 9.87. The number of unbranched alkanes of at least 4 members (excludes halogenated alkanes) is 1. The van der Waals surface area contributed by atoms with Gasteiger partial charge >= 0.3 is 0 Å². The molecule has 4 heteroatoms. The van der Waals surface area contributed by atoms with Crippen molar-refractivity contribution in [3.8, 4) is 0 Å². The number of benzene rings is 1. The van der Waals surface area contributed by atoms with E-state index in [1.807, 2.05) is 6.07 Å². The van der Waals surface area contributed by atoms with Gasteiger partial charge in [-0.2, -0.15) is 0 Å². The molecule has 0 saturated heterocycles. The first-order valence-corrected chi connectivity index (χ1v) is 11.3. The third-order valence-corrected chi connectivity index (χ3v) is 6.32. The van der Waals surface area contributed by atoms with Crippen molar-refractivity contribution in [3.63, 3.8) is 0 Å². The molecule has 4 nitrogen and oxygen atoms in total. The minimum absolute atomic E-state index is 0.164. The highest BCUT2D eigenvalue weighted by Crippen LogP contribution is 2.25. The second kappa shape index (κ2) is 11.2. The Morgan fingerprint density at radius 2 is 1.54 bits per heavy atom. The van der Waals surface area contributed by atoms with E-state index in [4.69, 9.17) is 0 Å². The topological polar surface area (TPSA) is 58.2 Å². The van der Waals surface area contributed by atoms with Crippen molar-refractivity contribution in [2.45, 2.75) is 95.6 Å². The van der Waals surface area contributed by atoms with Crippen molar-refractivity contribution in [1.29, 1.82) is 0 Å². The van der Waals surface area contributed by atoms with Crippen LogP contribution in [-0.2, 0) is 16.0 Å². The number of hydrogen-bond acceptors (Lipinski definition) is 2. The first kappa shape index (κ1) is 20.9. The highest BCUT2D eigenvalue weighted by molar-refractivity contribution is 5.79. The van der Waals surface area contributed by atoms with Crippen LogP contribution in [0.25, 0.3) is 0 Å². The van der Waals surface area contributed by atoms with Crippen LogP contribution in [0, 0.1) is 5.92 Å². The summed E-state index contributed by atoms with van der Waals surface area (Å²) in [5.41, 5.74) is 1.34. The summed E-state index contributed by atoms with van der Waals surface area (Å²) in [7, 11) is 0. The number of rotatable bonds is 8. The summed E-state index contributed by atoms with van der Waals surface area (Å²) in [5.74, 6) is 0.628. The largest absolute Gasteiger partial charge is 0.353 e. The van der Waals surface area contributed by atoms with E-state index in [1.54, 1.807) is 0 Å². The Balaban J connectivity index is 1.32. The monoisotopic (exact) mass is 384 g/mol. The van der Waals surface area contributed by atoms with Crippen molar-refractivity contribution in [2.75, 3.05) is 0 Å². The Labute approximate surface area is 169 Å². The third-order valence-electron chi connectivity index (χ3n) is 6.32. The predicted octanol–water partition coefficient (Wildman–Crippen LogP) is 4.52. The molecule has 1 aromatic carbocycles. The van der Waals surface area contributed by atoms with Crippen LogP contribution in [0.3, 0.4) is 0 Å². The second-order valence-corrected chi connectivity index (χ2v) is 8.66. The van der Waals surface area contributed by atoms with E-state index in [2.05, 4.69) is 34.9 Å². The number of hydrogen-bond donors (Lipinski definition) is 2. The van der Waals surface area contributed by atoms with Gasteiger partial charge in [-0.15, -0.1) is 0 Å². The molecule has 1 aromatic rings. The normalized spacial score (nSPS) is 23.1. The van der Waals surface area contributed by atoms with Crippen molar-refractivity contribution >= 4 is 11.8 Å². The Morgan fingerprint density at radius 1 is 0.821 bits per heavy atom. The lowest BCUT2D eigenvalue weighted by Crippen LogP contribution is -2.47. The minimum Gasteiger partial charge on any atom is -0.353 e. The van der Waals surface area contributed by atoms with E-state index in [0.29, 0.717) is 6.42 Å². The van der Waals surface area contributed by atoms with Crippen LogP contribution in [0.15, 0.2) is 30.3 Å². The molecule has 2 aliphatic rings. The SMILES string of the molecule is O=C(CCCCc1ccccc1)N[C@@H]1CCC[C@@H](NC(=O)C2CCCCC2)C1. The van der Waals surface area contributed by atoms with Gasteiger partial charge in [-0.05, 0) is 63.4 Å². The van der Waals surface area contributed by atoms with Crippen LogP contribution < -0.4 is 10.6 Å². The summed E-state index contributed by atoms with van der Waals surface area (Å²) in [6.45, 7) is 0. The summed E-state index contributed by atoms with van der Waals surface area (Å²) in [4.78, 5) is 24.8. The van der Waals surface area contributed by atoms with Crippen LogP contribution >= 0.6 is 0 Å². The maximum Gasteiger partial charge on any atom is 0.223 e. The molecule has 0 bridgehead atoms. The molecule has 154 valence electrons. The van der Waals surface area contributed by atoms with Gasteiger partial charge in [-0.3, -0.25) is 9.59 Å². The van der Waals surface area contributed by atoms with Crippen molar-refractivity contribution in [2.24, 2.45) is 5.92 Å². The molecule has 0 aromatic heterocycles. The molecule has 0 aliphatic heterocycles. The highest BCUT2D eigenvalue weighted by atomic mass is 16.2. The third kappa shape index (κ3) is 6.96. The smallest absolute Gasteiger partial charge is 0.223 e. The van der Waals surface area contributed by atoms with Crippen molar-refractivity contribution < 1.29 is 9.59 Å². The van der Waals surface area contributed by atoms with E-state index in [9.17, 15) is 9.59 Å². The molecule has 2 saturated carbocycles. The van der Waals surface area contributed by atoms with Gasteiger partial charge < -0.3 is 10.6 Å². The van der Waals surface area contributed by atoms with Gasteiger partial charge in [0.25, 0.3) is 0 Å². The molecule has 0 radical (unpaired) electrons. The van der Waals surface area contributed by atoms with Gasteiger partial charge in [0.15, 0.2) is 0 Å². The summed E-state index contributed by atoms with van der Waals surface area (Å²) >= 11 is 0. The average Bonchev–Trinajstić information content (AvgIpc) is 2.73.